The lowest BCUT2D eigenvalue weighted by Crippen LogP contribution is -2.44. The topological polar surface area (TPSA) is 32.3 Å². The summed E-state index contributed by atoms with van der Waals surface area (Å²) in [5.41, 5.74) is -0.315. The van der Waals surface area contributed by atoms with Gasteiger partial charge in [0.25, 0.3) is 0 Å². The summed E-state index contributed by atoms with van der Waals surface area (Å²) in [5, 5.41) is 3.36. The van der Waals surface area contributed by atoms with Crippen molar-refractivity contribution in [3.63, 3.8) is 0 Å². The van der Waals surface area contributed by atoms with Gasteiger partial charge in [-0.3, -0.25) is 4.79 Å². The van der Waals surface area contributed by atoms with Crippen LogP contribution in [-0.2, 0) is 11.0 Å². The van der Waals surface area contributed by atoms with Crippen molar-refractivity contribution in [2.24, 2.45) is 17.8 Å². The number of likely N-dealkylation sites (tertiary alicyclic amines) is 1. The van der Waals surface area contributed by atoms with Gasteiger partial charge in [0, 0.05) is 19.0 Å². The molecule has 1 aromatic carbocycles. The van der Waals surface area contributed by atoms with Gasteiger partial charge in [0.2, 0.25) is 5.91 Å². The normalized spacial score (nSPS) is 32.5. The first-order valence-corrected chi connectivity index (χ1v) is 8.61. The third-order valence-corrected chi connectivity index (χ3v) is 5.79. The Morgan fingerprint density at radius 2 is 1.92 bits per heavy atom. The summed E-state index contributed by atoms with van der Waals surface area (Å²) in [7, 11) is 0. The van der Waals surface area contributed by atoms with Crippen molar-refractivity contribution in [1.29, 1.82) is 0 Å². The van der Waals surface area contributed by atoms with E-state index in [1.54, 1.807) is 6.07 Å². The minimum atomic E-state index is -4.36. The molecule has 130 valence electrons. The van der Waals surface area contributed by atoms with Gasteiger partial charge in [-0.15, -0.1) is 0 Å². The molecule has 0 unspecified atom stereocenters. The van der Waals surface area contributed by atoms with Crippen molar-refractivity contribution >= 4 is 5.91 Å². The molecule has 6 heteroatoms. The largest absolute Gasteiger partial charge is 0.416 e. The average molecular weight is 338 g/mol. The lowest BCUT2D eigenvalue weighted by molar-refractivity contribution is -0.139. The predicted octanol–water partition coefficient (Wildman–Crippen LogP) is 2.88. The van der Waals surface area contributed by atoms with Gasteiger partial charge in [-0.25, -0.2) is 0 Å². The molecule has 0 aromatic heterocycles. The van der Waals surface area contributed by atoms with Crippen LogP contribution in [0.3, 0.4) is 0 Å². The second-order valence-corrected chi connectivity index (χ2v) is 7.29. The Balaban J connectivity index is 1.46. The molecule has 3 fully saturated rings. The monoisotopic (exact) mass is 338 g/mol. The maximum atomic E-state index is 13.2. The highest BCUT2D eigenvalue weighted by molar-refractivity contribution is 5.83. The SMILES string of the molecule is O=C([C@@H]1C[C@H]1c1ccccc1C(F)(F)F)N1CC[C@@H]2CNC[C@@H]2C1. The number of nitrogens with one attached hydrogen (secondary N) is 1. The maximum Gasteiger partial charge on any atom is 0.416 e. The highest BCUT2D eigenvalue weighted by atomic mass is 19.4. The summed E-state index contributed by atoms with van der Waals surface area (Å²) < 4.78 is 39.5. The zero-order chi connectivity index (χ0) is 16.9. The summed E-state index contributed by atoms with van der Waals surface area (Å²) >= 11 is 0. The molecule has 1 aliphatic carbocycles. The molecule has 0 bridgehead atoms. The van der Waals surface area contributed by atoms with Crippen molar-refractivity contribution in [1.82, 2.24) is 10.2 Å². The molecule has 0 spiro atoms. The number of hydrogen-bond acceptors (Lipinski definition) is 2. The van der Waals surface area contributed by atoms with Crippen molar-refractivity contribution in [2.75, 3.05) is 26.2 Å². The third-order valence-electron chi connectivity index (χ3n) is 5.79. The molecule has 3 nitrogen and oxygen atoms in total. The number of nitrogens with zero attached hydrogens (tertiary/aromatic N) is 1. The quantitative estimate of drug-likeness (QED) is 0.899. The second kappa shape index (κ2) is 5.76. The van der Waals surface area contributed by atoms with Crippen molar-refractivity contribution in [2.45, 2.75) is 24.9 Å². The second-order valence-electron chi connectivity index (χ2n) is 7.29. The van der Waals surface area contributed by atoms with E-state index < -0.39 is 11.7 Å². The lowest BCUT2D eigenvalue weighted by Gasteiger charge is -2.34. The van der Waals surface area contributed by atoms with E-state index in [9.17, 15) is 18.0 Å². The van der Waals surface area contributed by atoms with E-state index >= 15 is 0 Å². The molecular weight excluding hydrogens is 317 g/mol. The number of carbonyl (C=O) groups excluding carboxylic acids is 1. The van der Waals surface area contributed by atoms with Crippen LogP contribution in [0.5, 0.6) is 0 Å². The third kappa shape index (κ3) is 2.81. The summed E-state index contributed by atoms with van der Waals surface area (Å²) in [6, 6.07) is 5.67. The Labute approximate surface area is 139 Å². The van der Waals surface area contributed by atoms with Crippen LogP contribution >= 0.6 is 0 Å². The molecule has 3 aliphatic rings. The minimum absolute atomic E-state index is 0.0438. The Hall–Kier alpha value is -1.56. The molecule has 2 heterocycles. The Morgan fingerprint density at radius 3 is 2.71 bits per heavy atom. The number of benzene rings is 1. The summed E-state index contributed by atoms with van der Waals surface area (Å²) in [5.74, 6) is 0.633. The van der Waals surface area contributed by atoms with Gasteiger partial charge in [-0.1, -0.05) is 18.2 Å². The van der Waals surface area contributed by atoms with Crippen LogP contribution in [0.25, 0.3) is 0 Å². The molecular formula is C18H21F3N2O. The number of fused-ring (bicyclic) bond motifs is 1. The van der Waals surface area contributed by atoms with E-state index in [1.807, 2.05) is 4.90 Å². The van der Waals surface area contributed by atoms with Gasteiger partial charge >= 0.3 is 6.18 Å². The fraction of sp³-hybridized carbons (Fsp3) is 0.611. The van der Waals surface area contributed by atoms with Crippen LogP contribution in [0.15, 0.2) is 24.3 Å². The van der Waals surface area contributed by atoms with Gasteiger partial charge in [-0.2, -0.15) is 13.2 Å². The average Bonchev–Trinajstić information content (AvgIpc) is 3.22. The van der Waals surface area contributed by atoms with Crippen molar-refractivity contribution in [3.8, 4) is 0 Å². The molecule has 4 atom stereocenters. The van der Waals surface area contributed by atoms with E-state index in [-0.39, 0.29) is 23.3 Å². The van der Waals surface area contributed by atoms with Crippen LogP contribution in [0.1, 0.15) is 29.9 Å². The summed E-state index contributed by atoms with van der Waals surface area (Å²) in [6.07, 6.45) is -2.82. The van der Waals surface area contributed by atoms with Crippen LogP contribution in [0, 0.1) is 17.8 Å². The highest BCUT2D eigenvalue weighted by Gasteiger charge is 2.50. The molecule has 2 aliphatic heterocycles. The Kier molecular flexibility index (Phi) is 3.82. The molecule has 24 heavy (non-hydrogen) atoms. The highest BCUT2D eigenvalue weighted by Crippen LogP contribution is 2.52. The molecule has 0 radical (unpaired) electrons. The van der Waals surface area contributed by atoms with Crippen LogP contribution in [0.4, 0.5) is 13.2 Å². The Bertz CT molecular complexity index is 645. The number of hydrogen-bond donors (Lipinski definition) is 1. The number of carbonyl (C=O) groups is 1. The smallest absolute Gasteiger partial charge is 0.342 e. The predicted molar refractivity (Wildman–Crippen MR) is 83.3 cm³/mol. The first-order chi connectivity index (χ1) is 11.4. The molecule has 4 rings (SSSR count). The van der Waals surface area contributed by atoms with Gasteiger partial charge in [0.05, 0.1) is 5.56 Å². The summed E-state index contributed by atoms with van der Waals surface area (Å²) in [4.78, 5) is 14.6. The van der Waals surface area contributed by atoms with E-state index in [2.05, 4.69) is 5.32 Å². The zero-order valence-electron chi connectivity index (χ0n) is 13.4. The number of alkyl halides is 3. The zero-order valence-corrected chi connectivity index (χ0v) is 13.4. The van der Waals surface area contributed by atoms with Crippen LogP contribution < -0.4 is 5.32 Å². The van der Waals surface area contributed by atoms with E-state index in [0.29, 0.717) is 18.3 Å². The number of halogens is 3. The van der Waals surface area contributed by atoms with E-state index in [1.165, 1.54) is 12.1 Å². The van der Waals surface area contributed by atoms with Gasteiger partial charge in [0.1, 0.15) is 0 Å². The van der Waals surface area contributed by atoms with Crippen LogP contribution in [0.2, 0.25) is 0 Å². The standard InChI is InChI=1S/C18H21F3N2O/c19-18(20,21)16-4-2-1-3-13(16)14-7-15(14)17(24)23-6-5-11-8-22-9-12(11)10-23/h1-4,11-12,14-15,22H,5-10H2/t11-,12-,14+,15-/m1/s1. The Morgan fingerprint density at radius 1 is 1.17 bits per heavy atom. The number of piperidine rings is 1. The van der Waals surface area contributed by atoms with Gasteiger partial charge < -0.3 is 10.2 Å². The minimum Gasteiger partial charge on any atom is -0.342 e. The number of amides is 1. The molecule has 2 saturated heterocycles. The number of rotatable bonds is 2. The maximum absolute atomic E-state index is 13.2. The van der Waals surface area contributed by atoms with Crippen molar-refractivity contribution < 1.29 is 18.0 Å². The fourth-order valence-electron chi connectivity index (χ4n) is 4.36. The van der Waals surface area contributed by atoms with Gasteiger partial charge in [-0.05, 0) is 55.3 Å². The molecule has 1 saturated carbocycles. The fourth-order valence-corrected chi connectivity index (χ4v) is 4.36. The first kappa shape index (κ1) is 15.9. The molecule has 1 amide bonds. The van der Waals surface area contributed by atoms with E-state index in [0.717, 1.165) is 38.7 Å². The first-order valence-electron chi connectivity index (χ1n) is 8.61. The lowest BCUT2D eigenvalue weighted by atomic mass is 9.88. The summed E-state index contributed by atoms with van der Waals surface area (Å²) in [6.45, 7) is 3.46. The molecule has 1 aromatic rings. The molecule has 1 N–H and O–H groups in total. The van der Waals surface area contributed by atoms with Crippen molar-refractivity contribution in [3.05, 3.63) is 35.4 Å². The van der Waals surface area contributed by atoms with Gasteiger partial charge in [0.15, 0.2) is 0 Å². The van der Waals surface area contributed by atoms with E-state index in [4.69, 9.17) is 0 Å². The van der Waals surface area contributed by atoms with Crippen LogP contribution in [-0.4, -0.2) is 37.0 Å².